The Morgan fingerprint density at radius 3 is 2.79 bits per heavy atom. The molecule has 0 unspecified atom stereocenters. The highest BCUT2D eigenvalue weighted by molar-refractivity contribution is 14.0. The number of guanidine groups is 1. The smallest absolute Gasteiger partial charge is 0.227 e. The number of hydrogen-bond acceptors (Lipinski definition) is 3. The number of anilines is 1. The van der Waals surface area contributed by atoms with Crippen LogP contribution in [0.4, 0.5) is 5.69 Å². The van der Waals surface area contributed by atoms with Crippen molar-refractivity contribution >= 4 is 41.5 Å². The zero-order chi connectivity index (χ0) is 16.5. The third-order valence-corrected chi connectivity index (χ3v) is 3.87. The molecule has 134 valence electrons. The normalized spacial score (nSPS) is 13.2. The maximum atomic E-state index is 12.4. The number of fused-ring (bicyclic) bond motifs is 1. The van der Waals surface area contributed by atoms with E-state index in [2.05, 4.69) is 21.7 Å². The van der Waals surface area contributed by atoms with Crippen LogP contribution in [0.3, 0.4) is 0 Å². The lowest BCUT2D eigenvalue weighted by molar-refractivity contribution is -0.118. The van der Waals surface area contributed by atoms with Gasteiger partial charge in [0.1, 0.15) is 0 Å². The van der Waals surface area contributed by atoms with Gasteiger partial charge in [-0.3, -0.25) is 9.79 Å². The third kappa shape index (κ3) is 5.94. The first-order valence-electron chi connectivity index (χ1n) is 8.08. The lowest BCUT2D eigenvalue weighted by Crippen LogP contribution is -2.39. The Hall–Kier alpha value is -1.35. The number of ether oxygens (including phenoxy) is 1. The molecule has 0 fully saturated rings. The van der Waals surface area contributed by atoms with Crippen molar-refractivity contribution in [2.24, 2.45) is 4.99 Å². The molecule has 0 radical (unpaired) electrons. The standard InChI is InChI=1S/C17H26N4O2.HI/c1-18-17(20-11-13-23-2)19-10-5-8-16(22)21-12-9-14-6-3-4-7-15(14)21;/h3-4,6-7H,5,8-13H2,1-2H3,(H2,18,19,20);1H. The van der Waals surface area contributed by atoms with Crippen LogP contribution >= 0.6 is 24.0 Å². The summed E-state index contributed by atoms with van der Waals surface area (Å²) in [5, 5.41) is 6.35. The summed E-state index contributed by atoms with van der Waals surface area (Å²) < 4.78 is 4.98. The van der Waals surface area contributed by atoms with Crippen molar-refractivity contribution in [1.29, 1.82) is 0 Å². The average Bonchev–Trinajstić information content (AvgIpc) is 3.01. The number of carbonyl (C=O) groups is 1. The molecule has 1 aromatic rings. The first-order valence-corrected chi connectivity index (χ1v) is 8.08. The van der Waals surface area contributed by atoms with E-state index in [1.165, 1.54) is 5.56 Å². The molecule has 1 aromatic carbocycles. The summed E-state index contributed by atoms with van der Waals surface area (Å²) in [5.74, 6) is 0.931. The summed E-state index contributed by atoms with van der Waals surface area (Å²) >= 11 is 0. The fourth-order valence-electron chi connectivity index (χ4n) is 2.67. The minimum atomic E-state index is 0. The van der Waals surface area contributed by atoms with E-state index in [1.54, 1.807) is 14.2 Å². The van der Waals surface area contributed by atoms with Gasteiger partial charge in [0, 0.05) is 45.9 Å². The summed E-state index contributed by atoms with van der Waals surface area (Å²) in [6.45, 7) is 2.85. The quantitative estimate of drug-likeness (QED) is 0.290. The highest BCUT2D eigenvalue weighted by Gasteiger charge is 2.23. The van der Waals surface area contributed by atoms with Crippen molar-refractivity contribution in [2.45, 2.75) is 19.3 Å². The molecule has 6 nitrogen and oxygen atoms in total. The number of para-hydroxylation sites is 1. The monoisotopic (exact) mass is 446 g/mol. The van der Waals surface area contributed by atoms with Gasteiger partial charge in [-0.2, -0.15) is 0 Å². The van der Waals surface area contributed by atoms with Gasteiger partial charge in [-0.15, -0.1) is 24.0 Å². The molecule has 0 aliphatic carbocycles. The van der Waals surface area contributed by atoms with Crippen LogP contribution in [0.2, 0.25) is 0 Å². The number of amides is 1. The highest BCUT2D eigenvalue weighted by atomic mass is 127. The van der Waals surface area contributed by atoms with Crippen molar-refractivity contribution in [3.63, 3.8) is 0 Å². The molecule has 2 N–H and O–H groups in total. The molecule has 1 aliphatic rings. The van der Waals surface area contributed by atoms with E-state index in [4.69, 9.17) is 4.74 Å². The van der Waals surface area contributed by atoms with Crippen molar-refractivity contribution in [1.82, 2.24) is 10.6 Å². The molecule has 1 aliphatic heterocycles. The van der Waals surface area contributed by atoms with E-state index in [1.807, 2.05) is 23.1 Å². The van der Waals surface area contributed by atoms with Crippen LogP contribution in [0.1, 0.15) is 18.4 Å². The average molecular weight is 446 g/mol. The van der Waals surface area contributed by atoms with E-state index < -0.39 is 0 Å². The Balaban J connectivity index is 0.00000288. The van der Waals surface area contributed by atoms with Gasteiger partial charge in [-0.05, 0) is 24.5 Å². The van der Waals surface area contributed by atoms with Gasteiger partial charge in [0.2, 0.25) is 5.91 Å². The van der Waals surface area contributed by atoms with Gasteiger partial charge >= 0.3 is 0 Å². The third-order valence-electron chi connectivity index (χ3n) is 3.87. The van der Waals surface area contributed by atoms with Gasteiger partial charge in [0.15, 0.2) is 5.96 Å². The molecule has 24 heavy (non-hydrogen) atoms. The highest BCUT2D eigenvalue weighted by Crippen LogP contribution is 2.27. The maximum Gasteiger partial charge on any atom is 0.227 e. The number of halogens is 1. The van der Waals surface area contributed by atoms with E-state index in [9.17, 15) is 4.79 Å². The molecule has 0 saturated heterocycles. The Bertz CT molecular complexity index is 551. The number of carbonyl (C=O) groups excluding carboxylic acids is 1. The molecular weight excluding hydrogens is 419 g/mol. The van der Waals surface area contributed by atoms with Crippen LogP contribution in [0.25, 0.3) is 0 Å². The SMILES string of the molecule is CN=C(NCCCC(=O)N1CCc2ccccc21)NCCOC.I. The van der Waals surface area contributed by atoms with Crippen LogP contribution in [-0.2, 0) is 16.0 Å². The number of methoxy groups -OCH3 is 1. The van der Waals surface area contributed by atoms with Crippen LogP contribution in [0.15, 0.2) is 29.3 Å². The number of nitrogens with one attached hydrogen (secondary N) is 2. The van der Waals surface area contributed by atoms with Gasteiger partial charge in [-0.1, -0.05) is 18.2 Å². The van der Waals surface area contributed by atoms with Gasteiger partial charge in [0.05, 0.1) is 6.61 Å². The number of benzene rings is 1. The molecular formula is C17H27IN4O2. The van der Waals surface area contributed by atoms with Crippen molar-refractivity contribution in [3.05, 3.63) is 29.8 Å². The lowest BCUT2D eigenvalue weighted by atomic mass is 10.2. The molecule has 7 heteroatoms. The first-order chi connectivity index (χ1) is 11.3. The Labute approximate surface area is 161 Å². The predicted octanol–water partition coefficient (Wildman–Crippen LogP) is 1.79. The zero-order valence-corrected chi connectivity index (χ0v) is 16.7. The van der Waals surface area contributed by atoms with E-state index in [0.717, 1.165) is 31.0 Å². The Morgan fingerprint density at radius 1 is 1.29 bits per heavy atom. The van der Waals surface area contributed by atoms with Crippen molar-refractivity contribution in [2.75, 3.05) is 45.3 Å². The number of nitrogens with zero attached hydrogens (tertiary/aromatic N) is 2. The Morgan fingerprint density at radius 2 is 2.04 bits per heavy atom. The maximum absolute atomic E-state index is 12.4. The second kappa shape index (κ2) is 11.2. The molecule has 0 atom stereocenters. The van der Waals surface area contributed by atoms with Gasteiger partial charge < -0.3 is 20.3 Å². The summed E-state index contributed by atoms with van der Waals surface area (Å²) in [5.41, 5.74) is 2.34. The predicted molar refractivity (Wildman–Crippen MR) is 108 cm³/mol. The van der Waals surface area contributed by atoms with Crippen LogP contribution in [-0.4, -0.2) is 52.3 Å². The summed E-state index contributed by atoms with van der Waals surface area (Å²) in [7, 11) is 3.40. The van der Waals surface area contributed by atoms with E-state index in [0.29, 0.717) is 26.1 Å². The fourth-order valence-corrected chi connectivity index (χ4v) is 2.67. The lowest BCUT2D eigenvalue weighted by Gasteiger charge is -2.17. The van der Waals surface area contributed by atoms with Gasteiger partial charge in [-0.25, -0.2) is 0 Å². The van der Waals surface area contributed by atoms with Crippen molar-refractivity contribution in [3.8, 4) is 0 Å². The largest absolute Gasteiger partial charge is 0.383 e. The fraction of sp³-hybridized carbons (Fsp3) is 0.529. The second-order valence-electron chi connectivity index (χ2n) is 5.45. The molecule has 0 saturated carbocycles. The first kappa shape index (κ1) is 20.7. The second-order valence-corrected chi connectivity index (χ2v) is 5.45. The molecule has 2 rings (SSSR count). The molecule has 0 aromatic heterocycles. The molecule has 0 spiro atoms. The topological polar surface area (TPSA) is 66.0 Å². The molecule has 1 heterocycles. The number of hydrogen-bond donors (Lipinski definition) is 2. The molecule has 0 bridgehead atoms. The summed E-state index contributed by atoms with van der Waals surface area (Å²) in [4.78, 5) is 18.4. The number of aliphatic imine (C=N–C) groups is 1. The van der Waals surface area contributed by atoms with Crippen LogP contribution in [0.5, 0.6) is 0 Å². The van der Waals surface area contributed by atoms with E-state index in [-0.39, 0.29) is 29.9 Å². The minimum Gasteiger partial charge on any atom is -0.383 e. The zero-order valence-electron chi connectivity index (χ0n) is 14.4. The van der Waals surface area contributed by atoms with Crippen LogP contribution in [0, 0.1) is 0 Å². The summed E-state index contributed by atoms with van der Waals surface area (Å²) in [6.07, 6.45) is 2.27. The Kier molecular flexibility index (Phi) is 9.70. The van der Waals surface area contributed by atoms with Crippen LogP contribution < -0.4 is 15.5 Å². The van der Waals surface area contributed by atoms with Crippen molar-refractivity contribution < 1.29 is 9.53 Å². The minimum absolute atomic E-state index is 0. The summed E-state index contributed by atoms with van der Waals surface area (Å²) in [6, 6.07) is 8.14. The van der Waals surface area contributed by atoms with E-state index >= 15 is 0 Å². The van der Waals surface area contributed by atoms with Gasteiger partial charge in [0.25, 0.3) is 0 Å². The molecule has 1 amide bonds. The number of rotatable bonds is 7.